The first kappa shape index (κ1) is 7.67. The van der Waals surface area contributed by atoms with E-state index in [0.717, 1.165) is 4.74 Å². The van der Waals surface area contributed by atoms with Gasteiger partial charge in [0.15, 0.2) is 0 Å². The third kappa shape index (κ3) is 4.52. The molecule has 42 valence electrons. The average molecular weight is 324 g/mol. The molecule has 0 saturated heterocycles. The molecule has 0 N–H and O–H groups in total. The van der Waals surface area contributed by atoms with Crippen molar-refractivity contribution in [3.63, 3.8) is 0 Å². The normalized spacial score (nSPS) is 11.9. The fourth-order valence-electron chi connectivity index (χ4n) is 0.0762. The Balaban J connectivity index is 3.49. The molecule has 0 aliphatic carbocycles. The summed E-state index contributed by atoms with van der Waals surface area (Å²) < 4.78 is 2.34. The Labute approximate surface area is 62.3 Å². The molecule has 4 heteroatoms. The molecule has 0 atom stereocenters. The molecule has 0 heterocycles. The Hall–Kier alpha value is 0.670. The topological polar surface area (TPSA) is 26.1 Å². The van der Waals surface area contributed by atoms with E-state index in [2.05, 4.69) is 25.2 Å². The van der Waals surface area contributed by atoms with Crippen LogP contribution in [0.2, 0.25) is 0 Å². The minimum atomic E-state index is -0.0520. The number of rotatable bonds is 2. The molecule has 0 saturated carbocycles. The summed E-state index contributed by atoms with van der Waals surface area (Å²) >= 11 is 2.14. The molecule has 0 aromatic rings. The Morgan fingerprint density at radius 2 is 2.43 bits per heavy atom. The van der Waals surface area contributed by atoms with Crippen LogP contribution in [0, 0.1) is 5.21 Å². The SMILES string of the molecule is C=C/[N+]([O-])=C/[I-]I. The van der Waals surface area contributed by atoms with Crippen LogP contribution < -0.4 is 17.2 Å². The second kappa shape index (κ2) is 4.82. The number of hydrogen-bond donors (Lipinski definition) is 0. The van der Waals surface area contributed by atoms with E-state index in [4.69, 9.17) is 0 Å². The van der Waals surface area contributed by atoms with E-state index in [1.165, 1.54) is 6.20 Å². The number of hydroxylamine groups is 1. The zero-order chi connectivity index (χ0) is 5.70. The third-order valence-corrected chi connectivity index (χ3v) is 2.49. The quantitative estimate of drug-likeness (QED) is 0.192. The van der Waals surface area contributed by atoms with Gasteiger partial charge in [0.1, 0.15) is 0 Å². The van der Waals surface area contributed by atoms with Gasteiger partial charge in [0, 0.05) is 0 Å². The molecular weight excluding hydrogens is 320 g/mol. The van der Waals surface area contributed by atoms with Crippen molar-refractivity contribution in [3.05, 3.63) is 18.0 Å². The maximum atomic E-state index is 10.2. The fraction of sp³-hybridized carbons (Fsp3) is 0. The van der Waals surface area contributed by atoms with Crippen molar-refractivity contribution >= 4 is 22.8 Å². The van der Waals surface area contributed by atoms with E-state index in [0.29, 0.717) is 0 Å². The monoisotopic (exact) mass is 324 g/mol. The van der Waals surface area contributed by atoms with Gasteiger partial charge in [0.25, 0.3) is 0 Å². The van der Waals surface area contributed by atoms with E-state index in [9.17, 15) is 5.21 Å². The summed E-state index contributed by atoms with van der Waals surface area (Å²) in [7, 11) is 0. The Kier molecular flexibility index (Phi) is 5.28. The van der Waals surface area contributed by atoms with Crippen molar-refractivity contribution in [1.29, 1.82) is 0 Å². The van der Waals surface area contributed by atoms with Gasteiger partial charge < -0.3 is 0 Å². The number of nitrogens with zero attached hydrogens (tertiary/aromatic N) is 1. The number of halogens is 2. The summed E-state index contributed by atoms with van der Waals surface area (Å²) in [6.45, 7) is 3.28. The van der Waals surface area contributed by atoms with E-state index in [1.54, 1.807) is 4.22 Å². The van der Waals surface area contributed by atoms with Gasteiger partial charge in [0.05, 0.1) is 0 Å². The number of hydrogen-bond acceptors (Lipinski definition) is 1. The summed E-state index contributed by atoms with van der Waals surface area (Å²) in [4.78, 5) is 0. The second-order valence-electron chi connectivity index (χ2n) is 0.723. The molecule has 0 aromatic carbocycles. The molecule has 7 heavy (non-hydrogen) atoms. The molecule has 0 bridgehead atoms. The van der Waals surface area contributed by atoms with Gasteiger partial charge in [-0.25, -0.2) is 0 Å². The van der Waals surface area contributed by atoms with Crippen molar-refractivity contribution in [2.24, 2.45) is 0 Å². The first-order chi connectivity index (χ1) is 3.31. The maximum absolute atomic E-state index is 10.2. The van der Waals surface area contributed by atoms with Gasteiger partial charge in [-0.3, -0.25) is 0 Å². The van der Waals surface area contributed by atoms with E-state index >= 15 is 0 Å². The van der Waals surface area contributed by atoms with Crippen LogP contribution in [0.5, 0.6) is 0 Å². The van der Waals surface area contributed by atoms with Gasteiger partial charge in [0.2, 0.25) is 0 Å². The fourth-order valence-corrected chi connectivity index (χ4v) is 1.90. The van der Waals surface area contributed by atoms with E-state index in [1.807, 2.05) is 0 Å². The molecule has 0 aliphatic rings. The molecule has 0 fully saturated rings. The summed E-state index contributed by atoms with van der Waals surface area (Å²) in [5.41, 5.74) is 0. The van der Waals surface area contributed by atoms with Gasteiger partial charge >= 0.3 is 62.8 Å². The zero-order valence-corrected chi connectivity index (χ0v) is 7.79. The summed E-state index contributed by atoms with van der Waals surface area (Å²) in [6, 6.07) is 0. The van der Waals surface area contributed by atoms with Crippen LogP contribution in [-0.2, 0) is 0 Å². The predicted molar refractivity (Wildman–Crippen MR) is 33.9 cm³/mol. The van der Waals surface area contributed by atoms with Crippen LogP contribution in [0.1, 0.15) is 0 Å². The molecule has 2 nitrogen and oxygen atoms in total. The molecule has 0 spiro atoms. The van der Waals surface area contributed by atoms with Gasteiger partial charge in [-0.2, -0.15) is 0 Å². The molecule has 0 unspecified atom stereocenters. The van der Waals surface area contributed by atoms with Gasteiger partial charge in [-0.1, -0.05) is 0 Å². The Morgan fingerprint density at radius 1 is 1.86 bits per heavy atom. The van der Waals surface area contributed by atoms with Gasteiger partial charge in [-0.05, 0) is 0 Å². The van der Waals surface area contributed by atoms with E-state index in [-0.39, 0.29) is 17.2 Å². The molecule has 0 radical (unpaired) electrons. The van der Waals surface area contributed by atoms with Crippen LogP contribution in [0.4, 0.5) is 0 Å². The van der Waals surface area contributed by atoms with Crippen molar-refractivity contribution < 1.29 is 22.0 Å². The van der Waals surface area contributed by atoms with Gasteiger partial charge in [-0.15, -0.1) is 0 Å². The van der Waals surface area contributed by atoms with Crippen molar-refractivity contribution in [2.45, 2.75) is 0 Å². The second-order valence-corrected chi connectivity index (χ2v) is 4.91. The predicted octanol–water partition coefficient (Wildman–Crippen LogP) is -1.89. The van der Waals surface area contributed by atoms with Crippen LogP contribution in [0.25, 0.3) is 0 Å². The third-order valence-electron chi connectivity index (χ3n) is 0.313. The summed E-state index contributed by atoms with van der Waals surface area (Å²) in [5.74, 6) is 0. The van der Waals surface area contributed by atoms with Crippen molar-refractivity contribution in [1.82, 2.24) is 0 Å². The molecule has 0 rings (SSSR count). The van der Waals surface area contributed by atoms with Crippen molar-refractivity contribution in [3.8, 4) is 0 Å². The summed E-state index contributed by atoms with van der Waals surface area (Å²) in [6.07, 6.45) is 1.25. The molecule has 0 aromatic heterocycles. The zero-order valence-electron chi connectivity index (χ0n) is 3.47. The van der Waals surface area contributed by atoms with E-state index < -0.39 is 0 Å². The summed E-state index contributed by atoms with van der Waals surface area (Å²) in [5, 5.41) is 10.2. The first-order valence-corrected chi connectivity index (χ1v) is 9.00. The average Bonchev–Trinajstić information content (AvgIpc) is 1.68. The molecular formula is C3H4I2NO-. The first-order valence-electron chi connectivity index (χ1n) is 1.47. The standard InChI is InChI=1S/C3H4I2NO/c1-2-6(7)3-5-4/h2-3H,1H2/q-1/b6-3-. The van der Waals surface area contributed by atoms with Crippen LogP contribution >= 0.6 is 18.6 Å². The Morgan fingerprint density at radius 3 is 2.57 bits per heavy atom. The van der Waals surface area contributed by atoms with Crippen LogP contribution in [0.3, 0.4) is 0 Å². The van der Waals surface area contributed by atoms with Crippen LogP contribution in [-0.4, -0.2) is 8.96 Å². The molecule has 0 aliphatic heterocycles. The van der Waals surface area contributed by atoms with Crippen molar-refractivity contribution in [2.75, 3.05) is 0 Å². The van der Waals surface area contributed by atoms with Crippen LogP contribution in [0.15, 0.2) is 12.8 Å². The molecule has 0 amide bonds. The Bertz CT molecular complexity index is 90.9. The minimum absolute atomic E-state index is 0.0520.